The van der Waals surface area contributed by atoms with Crippen LogP contribution in [0, 0.1) is 0 Å². The van der Waals surface area contributed by atoms with E-state index in [0.717, 1.165) is 10.9 Å². The summed E-state index contributed by atoms with van der Waals surface area (Å²) in [6.07, 6.45) is 0. The first-order chi connectivity index (χ1) is 11.0. The van der Waals surface area contributed by atoms with Gasteiger partial charge in [-0.1, -0.05) is 55.1 Å². The molecule has 0 aliphatic carbocycles. The van der Waals surface area contributed by atoms with E-state index >= 15 is 0 Å². The highest BCUT2D eigenvalue weighted by Crippen LogP contribution is 2.52. The van der Waals surface area contributed by atoms with Crippen molar-refractivity contribution in [1.29, 1.82) is 0 Å². The summed E-state index contributed by atoms with van der Waals surface area (Å²) < 4.78 is 20.7. The van der Waals surface area contributed by atoms with Crippen LogP contribution in [0.4, 0.5) is 5.69 Å². The van der Waals surface area contributed by atoms with Crippen LogP contribution in [-0.4, -0.2) is 28.3 Å². The van der Waals surface area contributed by atoms with Crippen molar-refractivity contribution >= 4 is 30.1 Å². The Morgan fingerprint density at radius 3 is 2.39 bits per heavy atom. The van der Waals surface area contributed by atoms with E-state index in [1.165, 1.54) is 0 Å². The number of thioether (sulfide) groups is 1. The van der Waals surface area contributed by atoms with Gasteiger partial charge >= 0.3 is 7.52 Å². The lowest BCUT2D eigenvalue weighted by molar-refractivity contribution is 0.433. The number of hydrogen-bond donors (Lipinski definition) is 0. The van der Waals surface area contributed by atoms with Crippen molar-refractivity contribution in [3.05, 3.63) is 60.7 Å². The molecule has 4 nitrogen and oxygen atoms in total. The summed E-state index contributed by atoms with van der Waals surface area (Å²) in [4.78, 5) is 4.65. The van der Waals surface area contributed by atoms with Crippen molar-refractivity contribution in [2.24, 2.45) is 4.99 Å². The van der Waals surface area contributed by atoms with E-state index in [0.29, 0.717) is 17.5 Å². The Balaban J connectivity index is 1.87. The van der Waals surface area contributed by atoms with Gasteiger partial charge in [-0.25, -0.2) is 4.99 Å². The number of nitrogens with zero attached hydrogens (tertiary/aromatic N) is 2. The van der Waals surface area contributed by atoms with Gasteiger partial charge in [0.25, 0.3) is 0 Å². The van der Waals surface area contributed by atoms with Crippen molar-refractivity contribution < 1.29 is 9.09 Å². The minimum Gasteiger partial charge on any atom is -0.429 e. The Labute approximate surface area is 141 Å². The summed E-state index contributed by atoms with van der Waals surface area (Å²) in [7, 11) is -3.01. The Bertz CT molecular complexity index is 737. The van der Waals surface area contributed by atoms with Crippen LogP contribution in [0.2, 0.25) is 0 Å². The fourth-order valence-corrected chi connectivity index (χ4v) is 5.47. The molecule has 1 aliphatic heterocycles. The van der Waals surface area contributed by atoms with E-state index < -0.39 is 7.52 Å². The van der Waals surface area contributed by atoms with Crippen molar-refractivity contribution in [1.82, 2.24) is 4.67 Å². The van der Waals surface area contributed by atoms with Crippen LogP contribution in [0.3, 0.4) is 0 Å². The van der Waals surface area contributed by atoms with Crippen LogP contribution in [0.15, 0.2) is 65.7 Å². The fraction of sp³-hybridized carbons (Fsp3) is 0.235. The first-order valence-electron chi connectivity index (χ1n) is 7.45. The maximum absolute atomic E-state index is 13.1. The molecule has 2 atom stereocenters. The molecule has 6 heteroatoms. The van der Waals surface area contributed by atoms with E-state index in [1.807, 2.05) is 65.3 Å². The largest absolute Gasteiger partial charge is 0.429 e. The zero-order valence-electron chi connectivity index (χ0n) is 13.1. The Kier molecular flexibility index (Phi) is 4.79. The second-order valence-corrected chi connectivity index (χ2v) is 9.12. The highest BCUT2D eigenvalue weighted by molar-refractivity contribution is 8.15. The number of hydrogen-bond acceptors (Lipinski definition) is 4. The molecule has 0 spiro atoms. The summed E-state index contributed by atoms with van der Waals surface area (Å²) in [6, 6.07) is 19.0. The Morgan fingerprint density at radius 1 is 1.13 bits per heavy atom. The van der Waals surface area contributed by atoms with Crippen molar-refractivity contribution in [2.75, 3.05) is 13.2 Å². The molecule has 0 saturated carbocycles. The Morgan fingerprint density at radius 2 is 1.74 bits per heavy atom. The van der Waals surface area contributed by atoms with Gasteiger partial charge in [0, 0.05) is 18.5 Å². The van der Waals surface area contributed by atoms with Gasteiger partial charge in [0.05, 0.1) is 5.69 Å². The van der Waals surface area contributed by atoms with E-state index in [4.69, 9.17) is 4.52 Å². The molecule has 2 aromatic rings. The number of benzene rings is 2. The highest BCUT2D eigenvalue weighted by Gasteiger charge is 2.38. The lowest BCUT2D eigenvalue weighted by atomic mass is 10.3. The molecule has 1 fully saturated rings. The first kappa shape index (κ1) is 16.2. The summed E-state index contributed by atoms with van der Waals surface area (Å²) in [6.45, 7) is 4.42. The minimum absolute atomic E-state index is 0.324. The predicted octanol–water partition coefficient (Wildman–Crippen LogP) is 5.01. The average Bonchev–Trinajstić information content (AvgIpc) is 2.90. The number of aliphatic imine (C=N–C) groups is 1. The molecule has 3 rings (SSSR count). The number of para-hydroxylation sites is 2. The van der Waals surface area contributed by atoms with Crippen molar-refractivity contribution in [3.63, 3.8) is 0 Å². The maximum Gasteiger partial charge on any atom is 0.342 e. The van der Waals surface area contributed by atoms with Gasteiger partial charge < -0.3 is 4.52 Å². The lowest BCUT2D eigenvalue weighted by Gasteiger charge is -2.26. The normalized spacial score (nSPS) is 22.1. The maximum atomic E-state index is 13.1. The van der Waals surface area contributed by atoms with Gasteiger partial charge in [-0.2, -0.15) is 0 Å². The zero-order chi connectivity index (χ0) is 16.3. The van der Waals surface area contributed by atoms with E-state index in [2.05, 4.69) is 11.9 Å². The number of amidine groups is 1. The lowest BCUT2D eigenvalue weighted by Crippen LogP contribution is -2.24. The smallest absolute Gasteiger partial charge is 0.342 e. The first-order valence-corrected chi connectivity index (χ1v) is 10.4. The van der Waals surface area contributed by atoms with Crippen LogP contribution >= 0.6 is 19.3 Å². The third kappa shape index (κ3) is 3.98. The van der Waals surface area contributed by atoms with Gasteiger partial charge in [0.15, 0.2) is 5.17 Å². The van der Waals surface area contributed by atoms with E-state index in [9.17, 15) is 4.57 Å². The summed E-state index contributed by atoms with van der Waals surface area (Å²) in [5.41, 5.74) is 0.855. The molecule has 0 amide bonds. The van der Waals surface area contributed by atoms with Crippen LogP contribution in [0.25, 0.3) is 0 Å². The molecule has 1 saturated heterocycles. The molecule has 2 aromatic carbocycles. The quantitative estimate of drug-likeness (QED) is 0.730. The minimum atomic E-state index is -3.01. The summed E-state index contributed by atoms with van der Waals surface area (Å²) in [5, 5.41) is 1.08. The molecule has 23 heavy (non-hydrogen) atoms. The third-order valence-corrected chi connectivity index (χ3v) is 6.38. The highest BCUT2D eigenvalue weighted by atomic mass is 32.2. The molecular weight excluding hydrogens is 327 g/mol. The van der Waals surface area contributed by atoms with Crippen LogP contribution in [0.1, 0.15) is 6.92 Å². The van der Waals surface area contributed by atoms with Gasteiger partial charge in [0.1, 0.15) is 5.75 Å². The van der Waals surface area contributed by atoms with Gasteiger partial charge in [-0.05, 0) is 24.3 Å². The monoisotopic (exact) mass is 346 g/mol. The van der Waals surface area contributed by atoms with E-state index in [-0.39, 0.29) is 0 Å². The summed E-state index contributed by atoms with van der Waals surface area (Å²) >= 11 is 1.63. The molecule has 0 N–H and O–H groups in total. The second kappa shape index (κ2) is 6.81. The second-order valence-electron chi connectivity index (χ2n) is 5.45. The van der Waals surface area contributed by atoms with Crippen LogP contribution < -0.4 is 4.52 Å². The molecule has 1 heterocycles. The van der Waals surface area contributed by atoms with Crippen LogP contribution in [-0.2, 0) is 4.57 Å². The van der Waals surface area contributed by atoms with Gasteiger partial charge in [-0.3, -0.25) is 9.24 Å². The Hall–Kier alpha value is -1.71. The molecule has 1 aliphatic rings. The van der Waals surface area contributed by atoms with Crippen molar-refractivity contribution in [3.8, 4) is 5.75 Å². The molecule has 0 bridgehead atoms. The topological polar surface area (TPSA) is 41.9 Å². The SMILES string of the molecule is CC1CN(P(C)(=O)Oc2ccccc2)C(=Nc2ccccc2)S1. The van der Waals surface area contributed by atoms with Gasteiger partial charge in [0.2, 0.25) is 0 Å². The molecule has 120 valence electrons. The molecule has 0 radical (unpaired) electrons. The molecular formula is C17H19N2O2PS. The predicted molar refractivity (Wildman–Crippen MR) is 97.9 cm³/mol. The third-order valence-electron chi connectivity index (χ3n) is 3.39. The average molecular weight is 346 g/mol. The standard InChI is InChI=1S/C17H19N2O2PS/c1-14-13-19(17(23-14)18-15-9-5-3-6-10-15)22(2,20)21-16-11-7-4-8-12-16/h3-12,14H,13H2,1-2H3. The fourth-order valence-electron chi connectivity index (χ4n) is 2.33. The molecule has 2 unspecified atom stereocenters. The van der Waals surface area contributed by atoms with Crippen LogP contribution in [0.5, 0.6) is 5.75 Å². The zero-order valence-corrected chi connectivity index (χ0v) is 14.8. The number of rotatable bonds is 4. The van der Waals surface area contributed by atoms with Crippen molar-refractivity contribution in [2.45, 2.75) is 12.2 Å². The van der Waals surface area contributed by atoms with Gasteiger partial charge in [-0.15, -0.1) is 0 Å². The van der Waals surface area contributed by atoms with E-state index in [1.54, 1.807) is 18.4 Å². The summed E-state index contributed by atoms with van der Waals surface area (Å²) in [5.74, 6) is 0.613. The molecule has 0 aromatic heterocycles.